The van der Waals surface area contributed by atoms with Crippen LogP contribution in [0, 0.1) is 24.0 Å². The van der Waals surface area contributed by atoms with Gasteiger partial charge in [-0.05, 0) is 43.0 Å². The summed E-state index contributed by atoms with van der Waals surface area (Å²) in [5.41, 5.74) is -0.756. The Labute approximate surface area is 157 Å². The molecule has 0 radical (unpaired) electrons. The van der Waals surface area contributed by atoms with Crippen molar-refractivity contribution < 1.29 is 18.3 Å². The van der Waals surface area contributed by atoms with Crippen molar-refractivity contribution in [2.75, 3.05) is 0 Å². The first-order chi connectivity index (χ1) is 13.0. The number of carbonyl (C=O) groups is 1. The largest absolute Gasteiger partial charge is 0.421 e. The van der Waals surface area contributed by atoms with Crippen LogP contribution in [0.2, 0.25) is 0 Å². The molecule has 2 aromatic carbocycles. The fourth-order valence-electron chi connectivity index (χ4n) is 3.43. The van der Waals surface area contributed by atoms with Gasteiger partial charge in [0, 0.05) is 17.2 Å². The fraction of sp³-hybridized carbons (Fsp3) is 0.318. The van der Waals surface area contributed by atoms with Gasteiger partial charge in [0.2, 0.25) is 5.60 Å². The van der Waals surface area contributed by atoms with Crippen LogP contribution in [-0.4, -0.2) is 12.1 Å². The molecule has 0 saturated heterocycles. The number of amides is 1. The van der Waals surface area contributed by atoms with Crippen molar-refractivity contribution in [3.8, 4) is 12.3 Å². The normalized spacial score (nSPS) is 15.0. The Morgan fingerprint density at radius 3 is 1.89 bits per heavy atom. The van der Waals surface area contributed by atoms with Crippen LogP contribution in [0.15, 0.2) is 48.5 Å². The minimum absolute atomic E-state index is 0.0446. The van der Waals surface area contributed by atoms with Crippen molar-refractivity contribution in [3.05, 3.63) is 71.3 Å². The smallest absolute Gasteiger partial charge is 0.409 e. The van der Waals surface area contributed by atoms with Gasteiger partial charge >= 0.3 is 6.09 Å². The van der Waals surface area contributed by atoms with Crippen molar-refractivity contribution in [2.24, 2.45) is 0 Å². The van der Waals surface area contributed by atoms with Crippen molar-refractivity contribution in [2.45, 2.75) is 43.7 Å². The molecule has 3 rings (SSSR count). The van der Waals surface area contributed by atoms with Crippen LogP contribution < -0.4 is 5.32 Å². The van der Waals surface area contributed by atoms with Gasteiger partial charge in [-0.2, -0.15) is 0 Å². The van der Waals surface area contributed by atoms with E-state index in [-0.39, 0.29) is 6.04 Å². The zero-order valence-corrected chi connectivity index (χ0v) is 14.9. The highest BCUT2D eigenvalue weighted by molar-refractivity contribution is 5.70. The number of nitrogens with one attached hydrogen (secondary N) is 1. The second kappa shape index (κ2) is 8.22. The van der Waals surface area contributed by atoms with Gasteiger partial charge in [0.15, 0.2) is 0 Å². The topological polar surface area (TPSA) is 38.3 Å². The van der Waals surface area contributed by atoms with E-state index in [2.05, 4.69) is 11.2 Å². The molecule has 2 aromatic rings. The molecule has 0 spiro atoms. The molecule has 0 atom stereocenters. The summed E-state index contributed by atoms with van der Waals surface area (Å²) in [5, 5.41) is 2.87. The predicted octanol–water partition coefficient (Wildman–Crippen LogP) is 4.90. The summed E-state index contributed by atoms with van der Waals surface area (Å²) in [6.45, 7) is 0. The first-order valence-electron chi connectivity index (χ1n) is 9.03. The lowest BCUT2D eigenvalue weighted by Crippen LogP contribution is -2.42. The second-order valence-electron chi connectivity index (χ2n) is 6.71. The van der Waals surface area contributed by atoms with Crippen molar-refractivity contribution in [3.63, 3.8) is 0 Å². The molecule has 1 aliphatic carbocycles. The van der Waals surface area contributed by atoms with Crippen LogP contribution in [0.1, 0.15) is 43.2 Å². The van der Waals surface area contributed by atoms with E-state index in [1.807, 2.05) is 0 Å². The van der Waals surface area contributed by atoms with Crippen LogP contribution >= 0.6 is 0 Å². The summed E-state index contributed by atoms with van der Waals surface area (Å²) in [6, 6.07) is 10.9. The Balaban J connectivity index is 1.93. The van der Waals surface area contributed by atoms with Gasteiger partial charge in [0.25, 0.3) is 0 Å². The molecule has 0 unspecified atom stereocenters. The molecular formula is C22H21F2NO2. The summed E-state index contributed by atoms with van der Waals surface area (Å²) in [4.78, 5) is 12.6. The lowest BCUT2D eigenvalue weighted by Gasteiger charge is -2.31. The number of alkyl carbamates (subject to hydrolysis) is 1. The van der Waals surface area contributed by atoms with Crippen molar-refractivity contribution in [1.82, 2.24) is 5.32 Å². The van der Waals surface area contributed by atoms with E-state index in [1.54, 1.807) is 0 Å². The molecule has 1 aliphatic rings. The molecule has 1 amide bonds. The van der Waals surface area contributed by atoms with Gasteiger partial charge in [0.05, 0.1) is 0 Å². The maximum absolute atomic E-state index is 13.4. The van der Waals surface area contributed by atoms with Gasteiger partial charge in [0.1, 0.15) is 11.6 Å². The first-order valence-corrected chi connectivity index (χ1v) is 9.03. The van der Waals surface area contributed by atoms with Gasteiger partial charge in [-0.15, -0.1) is 6.42 Å². The van der Waals surface area contributed by atoms with Gasteiger partial charge < -0.3 is 10.1 Å². The van der Waals surface area contributed by atoms with Crippen LogP contribution in [-0.2, 0) is 10.3 Å². The number of ether oxygens (including phenoxy) is 1. The van der Waals surface area contributed by atoms with Crippen LogP contribution in [0.5, 0.6) is 0 Å². The second-order valence-corrected chi connectivity index (χ2v) is 6.71. The number of terminal acetylenes is 1. The Morgan fingerprint density at radius 2 is 1.44 bits per heavy atom. The first kappa shape index (κ1) is 18.9. The summed E-state index contributed by atoms with van der Waals surface area (Å²) < 4.78 is 32.5. The van der Waals surface area contributed by atoms with Crippen molar-refractivity contribution in [1.29, 1.82) is 0 Å². The molecule has 0 heterocycles. The third-order valence-corrected chi connectivity index (χ3v) is 4.88. The predicted molar refractivity (Wildman–Crippen MR) is 98.9 cm³/mol. The Kier molecular flexibility index (Phi) is 5.75. The summed E-state index contributed by atoms with van der Waals surface area (Å²) in [6.07, 6.45) is 10.2. The third kappa shape index (κ3) is 4.28. The number of carbonyl (C=O) groups excluding carboxylic acids is 1. The minimum atomic E-state index is -1.58. The Morgan fingerprint density at radius 1 is 0.963 bits per heavy atom. The summed E-state index contributed by atoms with van der Waals surface area (Å²) in [5.74, 6) is 1.66. The number of hydrogen-bond donors (Lipinski definition) is 1. The highest BCUT2D eigenvalue weighted by Crippen LogP contribution is 2.34. The van der Waals surface area contributed by atoms with Gasteiger partial charge in [-0.25, -0.2) is 13.6 Å². The molecule has 1 N–H and O–H groups in total. The number of benzene rings is 2. The van der Waals surface area contributed by atoms with E-state index >= 15 is 0 Å². The summed E-state index contributed by atoms with van der Waals surface area (Å²) in [7, 11) is 0. The van der Waals surface area contributed by atoms with E-state index in [0.29, 0.717) is 11.1 Å². The SMILES string of the molecule is C#CC(OC(=O)NC1CCCCC1)(c1ccc(F)cc1)c1ccc(F)cc1. The molecule has 0 bridgehead atoms. The average molecular weight is 369 g/mol. The lowest BCUT2D eigenvalue weighted by molar-refractivity contribution is 0.0738. The molecule has 27 heavy (non-hydrogen) atoms. The van der Waals surface area contributed by atoms with Crippen LogP contribution in [0.3, 0.4) is 0 Å². The van der Waals surface area contributed by atoms with Gasteiger partial charge in [-0.1, -0.05) is 43.5 Å². The zero-order chi connectivity index (χ0) is 19.3. The zero-order valence-electron chi connectivity index (χ0n) is 14.9. The van der Waals surface area contributed by atoms with Crippen molar-refractivity contribution >= 4 is 6.09 Å². The number of rotatable bonds is 4. The van der Waals surface area contributed by atoms with E-state index in [9.17, 15) is 13.6 Å². The highest BCUT2D eigenvalue weighted by atomic mass is 19.1. The molecule has 1 fully saturated rings. The monoisotopic (exact) mass is 369 g/mol. The highest BCUT2D eigenvalue weighted by Gasteiger charge is 2.37. The van der Waals surface area contributed by atoms with Crippen LogP contribution in [0.4, 0.5) is 13.6 Å². The Hall–Kier alpha value is -2.87. The fourth-order valence-corrected chi connectivity index (χ4v) is 3.43. The minimum Gasteiger partial charge on any atom is -0.421 e. The number of halogens is 2. The van der Waals surface area contributed by atoms with Gasteiger partial charge in [-0.3, -0.25) is 0 Å². The molecular weight excluding hydrogens is 348 g/mol. The average Bonchev–Trinajstić information content (AvgIpc) is 2.68. The maximum atomic E-state index is 13.4. The van der Waals surface area contributed by atoms with E-state index in [4.69, 9.17) is 11.2 Å². The molecule has 0 aromatic heterocycles. The lowest BCUT2D eigenvalue weighted by atomic mass is 9.86. The molecule has 140 valence electrons. The van der Waals surface area contributed by atoms with Crippen LogP contribution in [0.25, 0.3) is 0 Å². The Bertz CT molecular complexity index is 773. The standard InChI is InChI=1S/C22H21F2NO2/c1-2-22(16-8-12-18(23)13-9-16,17-10-14-19(24)15-11-17)27-21(26)25-20-6-4-3-5-7-20/h1,8-15,20H,3-7H2,(H,25,26). The molecule has 0 aliphatic heterocycles. The van der Waals surface area contributed by atoms with E-state index in [1.165, 1.54) is 48.5 Å². The maximum Gasteiger partial charge on any atom is 0.409 e. The number of hydrogen-bond acceptors (Lipinski definition) is 2. The summed E-state index contributed by atoms with van der Waals surface area (Å²) >= 11 is 0. The molecule has 1 saturated carbocycles. The van der Waals surface area contributed by atoms with E-state index < -0.39 is 23.3 Å². The quantitative estimate of drug-likeness (QED) is 0.779. The third-order valence-electron chi connectivity index (χ3n) is 4.88. The molecule has 5 heteroatoms. The van der Waals surface area contributed by atoms with E-state index in [0.717, 1.165) is 32.1 Å². The molecule has 3 nitrogen and oxygen atoms in total.